The lowest BCUT2D eigenvalue weighted by molar-refractivity contribution is -0.126. The molecule has 2 aliphatic heterocycles. The van der Waals surface area contributed by atoms with E-state index in [2.05, 4.69) is 4.74 Å². The van der Waals surface area contributed by atoms with Crippen LogP contribution in [0, 0.1) is 5.92 Å². The second-order valence-corrected chi connectivity index (χ2v) is 6.27. The molecule has 128 valence electrons. The van der Waals surface area contributed by atoms with E-state index in [4.69, 9.17) is 0 Å². The van der Waals surface area contributed by atoms with Gasteiger partial charge in [0.25, 0.3) is 11.8 Å². The molecule has 0 saturated carbocycles. The van der Waals surface area contributed by atoms with Crippen LogP contribution in [0.1, 0.15) is 10.4 Å². The highest BCUT2D eigenvalue weighted by atomic mass is 16.6. The summed E-state index contributed by atoms with van der Waals surface area (Å²) in [4.78, 5) is 38.3. The third-order valence-corrected chi connectivity index (χ3v) is 4.54. The van der Waals surface area contributed by atoms with E-state index in [1.165, 1.54) is 0 Å². The minimum Gasteiger partial charge on any atom is -0.439 e. The van der Waals surface area contributed by atoms with Crippen LogP contribution in [0.15, 0.2) is 48.8 Å². The predicted molar refractivity (Wildman–Crippen MR) is 88.2 cm³/mol. The number of likely N-dealkylation sites (tertiary alicyclic amines) is 1. The third-order valence-electron chi connectivity index (χ3n) is 4.54. The number of amides is 3. The van der Waals surface area contributed by atoms with Crippen molar-refractivity contribution >= 4 is 17.9 Å². The standard InChI is InChI=1S/C18H17N3O4/c22-16-12-25-18(24)21(16)11-13-9-20(10-13)17(23)14-3-5-15(6-4-14)19-7-1-2-8-19/h1-8,13H,9-12H2. The van der Waals surface area contributed by atoms with Gasteiger partial charge in [-0.05, 0) is 36.4 Å². The molecule has 0 N–H and O–H groups in total. The maximum absolute atomic E-state index is 12.5. The van der Waals surface area contributed by atoms with Gasteiger partial charge in [-0.3, -0.25) is 9.59 Å². The first-order valence-electron chi connectivity index (χ1n) is 8.11. The maximum atomic E-state index is 12.5. The number of cyclic esters (lactones) is 1. The van der Waals surface area contributed by atoms with E-state index < -0.39 is 6.09 Å². The fraction of sp³-hybridized carbons (Fsp3) is 0.278. The molecular formula is C18H17N3O4. The van der Waals surface area contributed by atoms with E-state index in [9.17, 15) is 14.4 Å². The summed E-state index contributed by atoms with van der Waals surface area (Å²) in [5.74, 6) is -0.237. The number of nitrogens with zero attached hydrogens (tertiary/aromatic N) is 3. The van der Waals surface area contributed by atoms with Crippen molar-refractivity contribution < 1.29 is 19.1 Å². The molecule has 7 heteroatoms. The van der Waals surface area contributed by atoms with Crippen LogP contribution < -0.4 is 0 Å². The smallest absolute Gasteiger partial charge is 0.417 e. The van der Waals surface area contributed by atoms with Crippen LogP contribution >= 0.6 is 0 Å². The zero-order valence-corrected chi connectivity index (χ0v) is 13.5. The van der Waals surface area contributed by atoms with E-state index in [0.29, 0.717) is 25.2 Å². The number of rotatable bonds is 4. The van der Waals surface area contributed by atoms with E-state index in [1.807, 2.05) is 53.4 Å². The quantitative estimate of drug-likeness (QED) is 0.847. The largest absolute Gasteiger partial charge is 0.439 e. The molecule has 2 aliphatic rings. The second-order valence-electron chi connectivity index (χ2n) is 6.27. The van der Waals surface area contributed by atoms with Gasteiger partial charge in [-0.1, -0.05) is 0 Å². The van der Waals surface area contributed by atoms with Crippen LogP contribution in [0.4, 0.5) is 4.79 Å². The topological polar surface area (TPSA) is 71.8 Å². The molecule has 0 spiro atoms. The molecule has 25 heavy (non-hydrogen) atoms. The van der Waals surface area contributed by atoms with Gasteiger partial charge in [0.2, 0.25) is 0 Å². The van der Waals surface area contributed by atoms with Crippen LogP contribution in [0.5, 0.6) is 0 Å². The predicted octanol–water partition coefficient (Wildman–Crippen LogP) is 1.53. The Morgan fingerprint density at radius 2 is 1.76 bits per heavy atom. The normalized spacial score (nSPS) is 17.6. The van der Waals surface area contributed by atoms with Gasteiger partial charge in [0.05, 0.1) is 0 Å². The van der Waals surface area contributed by atoms with Crippen LogP contribution in [0.3, 0.4) is 0 Å². The van der Waals surface area contributed by atoms with Crippen molar-refractivity contribution in [3.05, 3.63) is 54.4 Å². The number of hydrogen-bond donors (Lipinski definition) is 0. The van der Waals surface area contributed by atoms with Crippen LogP contribution in [-0.4, -0.2) is 58.5 Å². The van der Waals surface area contributed by atoms with Gasteiger partial charge in [0, 0.05) is 49.2 Å². The molecule has 1 aromatic heterocycles. The third kappa shape index (κ3) is 2.88. The van der Waals surface area contributed by atoms with Crippen molar-refractivity contribution in [1.82, 2.24) is 14.4 Å². The van der Waals surface area contributed by atoms with Gasteiger partial charge < -0.3 is 14.2 Å². The molecule has 0 radical (unpaired) electrons. The minimum atomic E-state index is -0.588. The second kappa shape index (κ2) is 6.08. The molecule has 0 bridgehead atoms. The first-order chi connectivity index (χ1) is 12.1. The molecule has 2 saturated heterocycles. The number of carbonyl (C=O) groups excluding carboxylic acids is 3. The highest BCUT2D eigenvalue weighted by Gasteiger charge is 2.38. The minimum absolute atomic E-state index is 0.0365. The Balaban J connectivity index is 1.34. The Morgan fingerprint density at radius 1 is 1.08 bits per heavy atom. The zero-order valence-electron chi connectivity index (χ0n) is 13.5. The average Bonchev–Trinajstić information content (AvgIpc) is 3.22. The van der Waals surface area contributed by atoms with Gasteiger partial charge in [-0.15, -0.1) is 0 Å². The SMILES string of the molecule is O=C(c1ccc(-n2cccc2)cc1)N1CC(CN2C(=O)COC2=O)C1. The Hall–Kier alpha value is -3.09. The number of benzene rings is 1. The lowest BCUT2D eigenvalue weighted by Gasteiger charge is -2.40. The van der Waals surface area contributed by atoms with Gasteiger partial charge in [0.1, 0.15) is 0 Å². The zero-order chi connectivity index (χ0) is 17.4. The van der Waals surface area contributed by atoms with Crippen LogP contribution in [-0.2, 0) is 9.53 Å². The molecule has 7 nitrogen and oxygen atoms in total. The van der Waals surface area contributed by atoms with Gasteiger partial charge in [-0.2, -0.15) is 0 Å². The number of imide groups is 1. The van der Waals surface area contributed by atoms with Crippen molar-refractivity contribution in [2.24, 2.45) is 5.92 Å². The number of hydrogen-bond acceptors (Lipinski definition) is 4. The fourth-order valence-electron chi connectivity index (χ4n) is 3.13. The molecule has 1 aromatic carbocycles. The number of ether oxygens (including phenoxy) is 1. The first-order valence-corrected chi connectivity index (χ1v) is 8.11. The molecule has 0 aliphatic carbocycles. The summed E-state index contributed by atoms with van der Waals surface area (Å²) in [6.45, 7) is 1.21. The molecule has 2 fully saturated rings. The molecule has 3 heterocycles. The van der Waals surface area contributed by atoms with E-state index >= 15 is 0 Å². The number of carbonyl (C=O) groups is 3. The molecule has 2 aromatic rings. The van der Waals surface area contributed by atoms with Crippen molar-refractivity contribution in [1.29, 1.82) is 0 Å². The van der Waals surface area contributed by atoms with Crippen molar-refractivity contribution in [3.8, 4) is 5.69 Å². The highest BCUT2D eigenvalue weighted by molar-refractivity contribution is 5.98. The van der Waals surface area contributed by atoms with Gasteiger partial charge in [-0.25, -0.2) is 9.69 Å². The summed E-state index contributed by atoms with van der Waals surface area (Å²) in [6, 6.07) is 11.3. The molecule has 4 rings (SSSR count). The molecule has 3 amide bonds. The molecule has 0 atom stereocenters. The number of aromatic nitrogens is 1. The summed E-state index contributed by atoms with van der Waals surface area (Å²) in [6.07, 6.45) is 3.30. The Labute approximate surface area is 144 Å². The van der Waals surface area contributed by atoms with Gasteiger partial charge in [0.15, 0.2) is 6.61 Å². The van der Waals surface area contributed by atoms with E-state index in [-0.39, 0.29) is 24.3 Å². The van der Waals surface area contributed by atoms with E-state index in [0.717, 1.165) is 10.6 Å². The Kier molecular flexibility index (Phi) is 3.76. The monoisotopic (exact) mass is 339 g/mol. The average molecular weight is 339 g/mol. The fourth-order valence-corrected chi connectivity index (χ4v) is 3.13. The molecular weight excluding hydrogens is 322 g/mol. The molecule has 0 unspecified atom stereocenters. The Bertz CT molecular complexity index is 791. The summed E-state index contributed by atoms with van der Waals surface area (Å²) in [7, 11) is 0. The first kappa shape index (κ1) is 15.4. The highest BCUT2D eigenvalue weighted by Crippen LogP contribution is 2.22. The van der Waals surface area contributed by atoms with Crippen molar-refractivity contribution in [3.63, 3.8) is 0 Å². The summed E-state index contributed by atoms with van der Waals surface area (Å²) < 4.78 is 6.66. The van der Waals surface area contributed by atoms with Gasteiger partial charge >= 0.3 is 6.09 Å². The van der Waals surface area contributed by atoms with Crippen LogP contribution in [0.25, 0.3) is 5.69 Å². The van der Waals surface area contributed by atoms with E-state index in [1.54, 1.807) is 4.90 Å². The maximum Gasteiger partial charge on any atom is 0.417 e. The van der Waals surface area contributed by atoms with Crippen LogP contribution in [0.2, 0.25) is 0 Å². The summed E-state index contributed by atoms with van der Waals surface area (Å²) >= 11 is 0. The van der Waals surface area contributed by atoms with Crippen molar-refractivity contribution in [2.45, 2.75) is 0 Å². The van der Waals surface area contributed by atoms with Crippen molar-refractivity contribution in [2.75, 3.05) is 26.2 Å². The Morgan fingerprint density at radius 3 is 2.36 bits per heavy atom. The summed E-state index contributed by atoms with van der Waals surface area (Å²) in [5.41, 5.74) is 1.63. The lowest BCUT2D eigenvalue weighted by Crippen LogP contribution is -2.54. The summed E-state index contributed by atoms with van der Waals surface area (Å²) in [5, 5.41) is 0. The lowest BCUT2D eigenvalue weighted by atomic mass is 9.98.